The quantitative estimate of drug-likeness (QED) is 0.665. The zero-order valence-corrected chi connectivity index (χ0v) is 16.5. The fraction of sp³-hybridized carbons (Fsp3) is 0.250. The Labute approximate surface area is 167 Å². The number of para-hydroxylation sites is 1. The molecule has 0 fully saturated rings. The van der Waals surface area contributed by atoms with Crippen molar-refractivity contribution in [2.24, 2.45) is 0 Å². The van der Waals surface area contributed by atoms with E-state index >= 15 is 0 Å². The van der Waals surface area contributed by atoms with Crippen molar-refractivity contribution in [3.8, 4) is 0 Å². The molecule has 1 heterocycles. The van der Waals surface area contributed by atoms with E-state index < -0.39 is 16.0 Å². The van der Waals surface area contributed by atoms with E-state index in [-0.39, 0.29) is 17.5 Å². The molecule has 1 aromatic heterocycles. The lowest BCUT2D eigenvalue weighted by Gasteiger charge is -2.24. The van der Waals surface area contributed by atoms with Gasteiger partial charge in [0.1, 0.15) is 6.54 Å². The van der Waals surface area contributed by atoms with Crippen LogP contribution >= 0.6 is 11.6 Å². The van der Waals surface area contributed by atoms with Gasteiger partial charge in [-0.2, -0.15) is 0 Å². The predicted octanol–water partition coefficient (Wildman–Crippen LogP) is 3.22. The second-order valence-electron chi connectivity index (χ2n) is 6.94. The molecular formula is C20H19ClN2O4S. The maximum Gasteiger partial charge on any atom is 0.323 e. The predicted molar refractivity (Wildman–Crippen MR) is 107 cm³/mol. The van der Waals surface area contributed by atoms with Gasteiger partial charge in [0, 0.05) is 27.7 Å². The summed E-state index contributed by atoms with van der Waals surface area (Å²) in [6.45, 7) is -0.100. The van der Waals surface area contributed by atoms with E-state index in [4.69, 9.17) is 11.6 Å². The third-order valence-corrected chi connectivity index (χ3v) is 6.90. The van der Waals surface area contributed by atoms with Crippen LogP contribution in [0.4, 0.5) is 0 Å². The third-order valence-electron chi connectivity index (χ3n) is 5.11. The van der Waals surface area contributed by atoms with Gasteiger partial charge in [0.2, 0.25) is 10.0 Å². The summed E-state index contributed by atoms with van der Waals surface area (Å²) >= 11 is 5.84. The van der Waals surface area contributed by atoms with Crippen LogP contribution in [0.25, 0.3) is 10.9 Å². The zero-order valence-electron chi connectivity index (χ0n) is 14.9. The Bertz CT molecular complexity index is 1150. The van der Waals surface area contributed by atoms with Crippen LogP contribution in [0.15, 0.2) is 53.4 Å². The van der Waals surface area contributed by atoms with Crippen LogP contribution in [-0.2, 0) is 34.2 Å². The molecule has 0 saturated carbocycles. The van der Waals surface area contributed by atoms with Crippen LogP contribution < -0.4 is 4.72 Å². The number of carbonyl (C=O) groups is 1. The summed E-state index contributed by atoms with van der Waals surface area (Å²) in [6, 6.07) is 13.5. The summed E-state index contributed by atoms with van der Waals surface area (Å²) in [4.78, 5) is 11.5. The Morgan fingerprint density at radius 2 is 1.89 bits per heavy atom. The third kappa shape index (κ3) is 3.53. The number of nitrogens with zero attached hydrogens (tertiary/aromatic N) is 1. The number of benzene rings is 2. The molecule has 1 atom stereocenters. The molecule has 0 spiro atoms. The van der Waals surface area contributed by atoms with Crippen molar-refractivity contribution in [3.63, 3.8) is 0 Å². The molecule has 0 amide bonds. The molecule has 2 N–H and O–H groups in total. The largest absolute Gasteiger partial charge is 0.480 e. The Morgan fingerprint density at radius 1 is 1.18 bits per heavy atom. The Kier molecular flexibility index (Phi) is 4.91. The highest BCUT2D eigenvalue weighted by Crippen LogP contribution is 2.32. The van der Waals surface area contributed by atoms with E-state index in [2.05, 4.69) is 4.72 Å². The first-order valence-electron chi connectivity index (χ1n) is 8.94. The Balaban J connectivity index is 1.65. The first-order chi connectivity index (χ1) is 13.3. The van der Waals surface area contributed by atoms with Gasteiger partial charge in [-0.15, -0.1) is 0 Å². The first kappa shape index (κ1) is 19.0. The topological polar surface area (TPSA) is 88.4 Å². The summed E-state index contributed by atoms with van der Waals surface area (Å²) in [5.41, 5.74) is 2.87. The second kappa shape index (κ2) is 7.24. The monoisotopic (exact) mass is 418 g/mol. The molecule has 2 aromatic carbocycles. The molecule has 1 unspecified atom stereocenters. The molecule has 8 heteroatoms. The van der Waals surface area contributed by atoms with Gasteiger partial charge in [0.05, 0.1) is 4.90 Å². The van der Waals surface area contributed by atoms with Crippen LogP contribution in [0.2, 0.25) is 5.02 Å². The molecule has 146 valence electrons. The molecule has 28 heavy (non-hydrogen) atoms. The number of nitrogens with one attached hydrogen (secondary N) is 1. The summed E-state index contributed by atoms with van der Waals surface area (Å²) in [7, 11) is -3.65. The minimum Gasteiger partial charge on any atom is -0.480 e. The number of rotatable bonds is 5. The summed E-state index contributed by atoms with van der Waals surface area (Å²) in [6.07, 6.45) is 1.75. The van der Waals surface area contributed by atoms with Crippen molar-refractivity contribution in [2.75, 3.05) is 0 Å². The van der Waals surface area contributed by atoms with Gasteiger partial charge in [0.25, 0.3) is 0 Å². The molecule has 0 aliphatic heterocycles. The van der Waals surface area contributed by atoms with E-state index in [0.29, 0.717) is 24.3 Å². The number of aromatic nitrogens is 1. The van der Waals surface area contributed by atoms with Crippen LogP contribution in [0.5, 0.6) is 0 Å². The first-order valence-corrected chi connectivity index (χ1v) is 10.8. The van der Waals surface area contributed by atoms with Gasteiger partial charge in [-0.1, -0.05) is 29.8 Å². The van der Waals surface area contributed by atoms with Gasteiger partial charge < -0.3 is 9.67 Å². The van der Waals surface area contributed by atoms with Gasteiger partial charge >= 0.3 is 5.97 Å². The molecule has 3 aromatic rings. The fourth-order valence-electron chi connectivity index (χ4n) is 3.92. The van der Waals surface area contributed by atoms with Crippen LogP contribution in [0.3, 0.4) is 0 Å². The lowest BCUT2D eigenvalue weighted by molar-refractivity contribution is -0.137. The average molecular weight is 419 g/mol. The van der Waals surface area contributed by atoms with Crippen LogP contribution in [-0.4, -0.2) is 30.1 Å². The van der Waals surface area contributed by atoms with E-state index in [1.807, 2.05) is 28.8 Å². The highest BCUT2D eigenvalue weighted by molar-refractivity contribution is 7.89. The summed E-state index contributed by atoms with van der Waals surface area (Å²) < 4.78 is 30.0. The Hall–Kier alpha value is -2.35. The van der Waals surface area contributed by atoms with Crippen LogP contribution in [0.1, 0.15) is 17.7 Å². The van der Waals surface area contributed by atoms with Crippen LogP contribution in [0, 0.1) is 0 Å². The maximum atomic E-state index is 12.7. The molecule has 0 radical (unpaired) electrons. The summed E-state index contributed by atoms with van der Waals surface area (Å²) in [5, 5.41) is 10.7. The number of aliphatic carboxylic acids is 1. The molecule has 1 aliphatic carbocycles. The van der Waals surface area contributed by atoms with Gasteiger partial charge in [-0.05, 0) is 55.2 Å². The molecular weight excluding hydrogens is 400 g/mol. The molecule has 4 rings (SSSR count). The van der Waals surface area contributed by atoms with Crippen molar-refractivity contribution in [1.29, 1.82) is 0 Å². The second-order valence-corrected chi connectivity index (χ2v) is 9.09. The van der Waals surface area contributed by atoms with Gasteiger partial charge in [0.15, 0.2) is 0 Å². The molecule has 0 saturated heterocycles. The van der Waals surface area contributed by atoms with Crippen molar-refractivity contribution in [1.82, 2.24) is 9.29 Å². The van der Waals surface area contributed by atoms with Crippen molar-refractivity contribution >= 4 is 38.5 Å². The normalized spacial score (nSPS) is 16.8. The highest BCUT2D eigenvalue weighted by atomic mass is 35.5. The van der Waals surface area contributed by atoms with E-state index in [1.165, 1.54) is 12.1 Å². The average Bonchev–Trinajstić information content (AvgIpc) is 2.95. The van der Waals surface area contributed by atoms with Gasteiger partial charge in [-0.3, -0.25) is 4.79 Å². The zero-order chi connectivity index (χ0) is 19.9. The van der Waals surface area contributed by atoms with E-state index in [0.717, 1.165) is 22.2 Å². The van der Waals surface area contributed by atoms with Crippen molar-refractivity contribution in [2.45, 2.75) is 36.7 Å². The van der Waals surface area contributed by atoms with E-state index in [1.54, 1.807) is 12.1 Å². The number of hydrogen-bond donors (Lipinski definition) is 2. The lowest BCUT2D eigenvalue weighted by atomic mass is 9.92. The van der Waals surface area contributed by atoms with Gasteiger partial charge in [-0.25, -0.2) is 13.1 Å². The van der Waals surface area contributed by atoms with E-state index in [9.17, 15) is 18.3 Å². The number of sulfonamides is 1. The molecule has 0 bridgehead atoms. The maximum absolute atomic E-state index is 12.7. The Morgan fingerprint density at radius 3 is 2.61 bits per heavy atom. The standard InChI is InChI=1S/C20H19ClN2O4S/c21-13-5-8-15(9-6-13)28(26,27)22-14-7-10-19-17(11-14)16-3-1-2-4-18(16)23(19)12-20(24)25/h1-6,8-9,14,22H,7,10-12H2,(H,24,25). The van der Waals surface area contributed by atoms with Crippen molar-refractivity contribution in [3.05, 3.63) is 64.8 Å². The minimum atomic E-state index is -3.65. The number of carboxylic acid groups (broad SMARTS) is 1. The fourth-order valence-corrected chi connectivity index (χ4v) is 5.32. The number of hydrogen-bond acceptors (Lipinski definition) is 3. The minimum absolute atomic E-state index is 0.100. The smallest absolute Gasteiger partial charge is 0.323 e. The highest BCUT2D eigenvalue weighted by Gasteiger charge is 2.29. The number of carboxylic acids is 1. The number of fused-ring (bicyclic) bond motifs is 3. The molecule has 6 nitrogen and oxygen atoms in total. The number of halogens is 1. The SMILES string of the molecule is O=C(O)Cn1c2c(c3ccccc31)CC(NS(=O)(=O)c1ccc(Cl)cc1)CC2. The summed E-state index contributed by atoms with van der Waals surface area (Å²) in [5.74, 6) is -0.894. The molecule has 1 aliphatic rings. The lowest BCUT2D eigenvalue weighted by Crippen LogP contribution is -2.39. The van der Waals surface area contributed by atoms with Crippen molar-refractivity contribution < 1.29 is 18.3 Å².